The number of halogens is 1. The van der Waals surface area contributed by atoms with Gasteiger partial charge < -0.3 is 10.2 Å². The average Bonchev–Trinajstić information content (AvgIpc) is 2.63. The van der Waals surface area contributed by atoms with Crippen molar-refractivity contribution in [1.29, 1.82) is 0 Å². The molecule has 1 rings (SSSR count). The lowest BCUT2D eigenvalue weighted by atomic mass is 9.96. The highest BCUT2D eigenvalue weighted by Crippen LogP contribution is 2.17. The van der Waals surface area contributed by atoms with Crippen molar-refractivity contribution in [3.05, 3.63) is 0 Å². The largest absolute Gasteiger partial charge is 0.345 e. The first-order valence-electron chi connectivity index (χ1n) is 6.33. The summed E-state index contributed by atoms with van der Waals surface area (Å²) in [5.41, 5.74) is 0.194. The van der Waals surface area contributed by atoms with Crippen LogP contribution in [0.5, 0.6) is 0 Å². The summed E-state index contributed by atoms with van der Waals surface area (Å²) >= 11 is 0. The normalized spacial score (nSPS) is 19.9. The van der Waals surface area contributed by atoms with Crippen LogP contribution >= 0.6 is 12.4 Å². The van der Waals surface area contributed by atoms with Crippen molar-refractivity contribution in [3.63, 3.8) is 0 Å². The molecule has 0 spiro atoms. The Morgan fingerprint density at radius 3 is 2.53 bits per heavy atom. The van der Waals surface area contributed by atoms with E-state index in [1.165, 1.54) is 6.42 Å². The minimum absolute atomic E-state index is 0. The third kappa shape index (κ3) is 6.89. The Morgan fingerprint density at radius 1 is 1.41 bits per heavy atom. The summed E-state index contributed by atoms with van der Waals surface area (Å²) in [6, 6.07) is 0. The SMILES string of the molecule is CN(CC(C)(C)C)C(=O)CCC1CCNC1.Cl. The van der Waals surface area contributed by atoms with Crippen molar-refractivity contribution in [1.82, 2.24) is 10.2 Å². The van der Waals surface area contributed by atoms with E-state index >= 15 is 0 Å². The molecule has 0 aromatic rings. The van der Waals surface area contributed by atoms with E-state index in [0.29, 0.717) is 18.2 Å². The Labute approximate surface area is 112 Å². The van der Waals surface area contributed by atoms with Gasteiger partial charge in [-0.15, -0.1) is 12.4 Å². The second-order valence-corrected chi connectivity index (χ2v) is 6.21. The number of hydrogen-bond donors (Lipinski definition) is 1. The van der Waals surface area contributed by atoms with Gasteiger partial charge in [-0.3, -0.25) is 4.79 Å². The van der Waals surface area contributed by atoms with Crippen LogP contribution < -0.4 is 5.32 Å². The first-order chi connectivity index (χ1) is 7.38. The molecule has 4 heteroatoms. The summed E-state index contributed by atoms with van der Waals surface area (Å²) in [5, 5.41) is 3.34. The molecule has 0 bridgehead atoms. The van der Waals surface area contributed by atoms with Gasteiger partial charge in [0.05, 0.1) is 0 Å². The molecule has 0 aromatic heterocycles. The fourth-order valence-electron chi connectivity index (χ4n) is 2.28. The van der Waals surface area contributed by atoms with Crippen molar-refractivity contribution in [2.75, 3.05) is 26.7 Å². The molecule has 1 saturated heterocycles. The fourth-order valence-corrected chi connectivity index (χ4v) is 2.28. The summed E-state index contributed by atoms with van der Waals surface area (Å²) in [7, 11) is 1.92. The lowest BCUT2D eigenvalue weighted by molar-refractivity contribution is -0.131. The summed E-state index contributed by atoms with van der Waals surface area (Å²) in [6.07, 6.45) is 2.98. The molecule has 1 heterocycles. The summed E-state index contributed by atoms with van der Waals surface area (Å²) < 4.78 is 0. The number of carbonyl (C=O) groups is 1. The Morgan fingerprint density at radius 2 is 2.06 bits per heavy atom. The molecule has 0 aromatic carbocycles. The van der Waals surface area contributed by atoms with Crippen molar-refractivity contribution >= 4 is 18.3 Å². The van der Waals surface area contributed by atoms with E-state index < -0.39 is 0 Å². The Kier molecular flexibility index (Phi) is 7.10. The molecule has 1 N–H and O–H groups in total. The van der Waals surface area contributed by atoms with Gasteiger partial charge in [0.2, 0.25) is 5.91 Å². The lowest BCUT2D eigenvalue weighted by Gasteiger charge is -2.27. The molecule has 0 aliphatic carbocycles. The molecule has 1 aliphatic rings. The molecular formula is C13H27ClN2O. The average molecular weight is 263 g/mol. The number of nitrogens with one attached hydrogen (secondary N) is 1. The number of carbonyl (C=O) groups excluding carboxylic acids is 1. The van der Waals surface area contributed by atoms with Crippen molar-refractivity contribution < 1.29 is 4.79 Å². The summed E-state index contributed by atoms with van der Waals surface area (Å²) in [6.45, 7) is 9.55. The highest BCUT2D eigenvalue weighted by atomic mass is 35.5. The van der Waals surface area contributed by atoms with Gasteiger partial charge in [0, 0.05) is 20.0 Å². The summed E-state index contributed by atoms with van der Waals surface area (Å²) in [5.74, 6) is 1.01. The zero-order valence-corrected chi connectivity index (χ0v) is 12.4. The van der Waals surface area contributed by atoms with Crippen LogP contribution in [0.15, 0.2) is 0 Å². The van der Waals surface area contributed by atoms with Gasteiger partial charge in [0.15, 0.2) is 0 Å². The van der Waals surface area contributed by atoms with Gasteiger partial charge in [-0.1, -0.05) is 20.8 Å². The van der Waals surface area contributed by atoms with E-state index in [9.17, 15) is 4.79 Å². The third-order valence-corrected chi connectivity index (χ3v) is 3.07. The molecule has 1 amide bonds. The highest BCUT2D eigenvalue weighted by Gasteiger charge is 2.20. The van der Waals surface area contributed by atoms with Gasteiger partial charge in [0.25, 0.3) is 0 Å². The van der Waals surface area contributed by atoms with Crippen LogP contribution in [0, 0.1) is 11.3 Å². The molecule has 0 radical (unpaired) electrons. The van der Waals surface area contributed by atoms with Gasteiger partial charge in [-0.2, -0.15) is 0 Å². The number of rotatable bonds is 4. The van der Waals surface area contributed by atoms with Gasteiger partial charge in [-0.25, -0.2) is 0 Å². The predicted octanol–water partition coefficient (Wildman–Crippen LogP) is 2.30. The van der Waals surface area contributed by atoms with Crippen LogP contribution in [0.2, 0.25) is 0 Å². The zero-order chi connectivity index (χ0) is 12.2. The first kappa shape index (κ1) is 16.7. The number of hydrogen-bond acceptors (Lipinski definition) is 2. The minimum atomic E-state index is 0. The van der Waals surface area contributed by atoms with Crippen LogP contribution in [-0.4, -0.2) is 37.5 Å². The molecule has 1 fully saturated rings. The van der Waals surface area contributed by atoms with E-state index in [2.05, 4.69) is 26.1 Å². The van der Waals surface area contributed by atoms with Crippen LogP contribution in [-0.2, 0) is 4.79 Å². The third-order valence-electron chi connectivity index (χ3n) is 3.07. The second kappa shape index (κ2) is 7.22. The van der Waals surface area contributed by atoms with E-state index in [4.69, 9.17) is 0 Å². The number of amides is 1. The maximum absolute atomic E-state index is 11.9. The quantitative estimate of drug-likeness (QED) is 0.843. The first-order valence-corrected chi connectivity index (χ1v) is 6.33. The zero-order valence-electron chi connectivity index (χ0n) is 11.6. The lowest BCUT2D eigenvalue weighted by Crippen LogP contribution is -2.34. The molecule has 0 saturated carbocycles. The Bertz CT molecular complexity index is 232. The molecule has 1 aliphatic heterocycles. The van der Waals surface area contributed by atoms with Crippen molar-refractivity contribution in [2.45, 2.75) is 40.0 Å². The smallest absolute Gasteiger partial charge is 0.222 e. The van der Waals surface area contributed by atoms with Gasteiger partial charge >= 0.3 is 0 Å². The molecule has 3 nitrogen and oxygen atoms in total. The topological polar surface area (TPSA) is 32.3 Å². The summed E-state index contributed by atoms with van der Waals surface area (Å²) in [4.78, 5) is 13.8. The van der Waals surface area contributed by atoms with Gasteiger partial charge in [-0.05, 0) is 37.3 Å². The van der Waals surface area contributed by atoms with Crippen molar-refractivity contribution in [3.8, 4) is 0 Å². The van der Waals surface area contributed by atoms with E-state index in [1.807, 2.05) is 11.9 Å². The highest BCUT2D eigenvalue weighted by molar-refractivity contribution is 5.85. The fraction of sp³-hybridized carbons (Fsp3) is 0.923. The van der Waals surface area contributed by atoms with Crippen molar-refractivity contribution in [2.24, 2.45) is 11.3 Å². The van der Waals surface area contributed by atoms with Gasteiger partial charge in [0.1, 0.15) is 0 Å². The second-order valence-electron chi connectivity index (χ2n) is 6.21. The molecule has 17 heavy (non-hydrogen) atoms. The maximum Gasteiger partial charge on any atom is 0.222 e. The molecule has 1 atom stereocenters. The molecular weight excluding hydrogens is 236 g/mol. The Hall–Kier alpha value is -0.280. The van der Waals surface area contributed by atoms with Crippen LogP contribution in [0.3, 0.4) is 0 Å². The maximum atomic E-state index is 11.9. The standard InChI is InChI=1S/C13H26N2O.ClH/c1-13(2,3)10-15(4)12(16)6-5-11-7-8-14-9-11;/h11,14H,5-10H2,1-4H3;1H. The monoisotopic (exact) mass is 262 g/mol. The number of nitrogens with zero attached hydrogens (tertiary/aromatic N) is 1. The molecule has 1 unspecified atom stereocenters. The van der Waals surface area contributed by atoms with E-state index in [-0.39, 0.29) is 17.8 Å². The van der Waals surface area contributed by atoms with Crippen LogP contribution in [0.25, 0.3) is 0 Å². The molecule has 102 valence electrons. The minimum Gasteiger partial charge on any atom is -0.345 e. The van der Waals surface area contributed by atoms with E-state index in [0.717, 1.165) is 26.1 Å². The van der Waals surface area contributed by atoms with Crippen LogP contribution in [0.4, 0.5) is 0 Å². The van der Waals surface area contributed by atoms with Crippen LogP contribution in [0.1, 0.15) is 40.0 Å². The Balaban J connectivity index is 0.00000256. The predicted molar refractivity (Wildman–Crippen MR) is 74.6 cm³/mol. The van der Waals surface area contributed by atoms with E-state index in [1.54, 1.807) is 0 Å².